The van der Waals surface area contributed by atoms with Gasteiger partial charge in [0.1, 0.15) is 17.8 Å². The van der Waals surface area contributed by atoms with Gasteiger partial charge in [0.05, 0.1) is 13.2 Å². The second kappa shape index (κ2) is 14.3. The Balaban J connectivity index is 2.54. The van der Waals surface area contributed by atoms with E-state index in [4.69, 9.17) is 19.5 Å². The maximum atomic E-state index is 12.3. The molecule has 0 fully saturated rings. The quantitative estimate of drug-likeness (QED) is 0.247. The molecule has 1 aromatic carbocycles. The number of ether oxygens (including phenoxy) is 3. The van der Waals surface area contributed by atoms with Gasteiger partial charge in [-0.15, -0.1) is 0 Å². The minimum atomic E-state index is -0.837. The van der Waals surface area contributed by atoms with Gasteiger partial charge in [0.15, 0.2) is 4.93 Å². The summed E-state index contributed by atoms with van der Waals surface area (Å²) in [4.78, 5) is 11.5. The number of hydrogen-bond acceptors (Lipinski definition) is 7. The van der Waals surface area contributed by atoms with E-state index in [1.165, 1.54) is 0 Å². The van der Waals surface area contributed by atoms with Crippen molar-refractivity contribution in [3.63, 3.8) is 0 Å². The molecule has 30 heavy (non-hydrogen) atoms. The highest BCUT2D eigenvalue weighted by Gasteiger charge is 2.27. The first-order valence-electron chi connectivity index (χ1n) is 10.3. The first kappa shape index (κ1) is 26.2. The summed E-state index contributed by atoms with van der Waals surface area (Å²) in [5, 5.41) is 17.3. The van der Waals surface area contributed by atoms with E-state index >= 15 is 0 Å². The molecule has 0 saturated heterocycles. The molecule has 0 radical (unpaired) electrons. The molecule has 0 bridgehead atoms. The fraction of sp³-hybridized carbons (Fsp3) is 0.636. The maximum Gasteiger partial charge on any atom is 0.251 e. The van der Waals surface area contributed by atoms with Gasteiger partial charge in [0, 0.05) is 31.3 Å². The third-order valence-electron chi connectivity index (χ3n) is 3.91. The van der Waals surface area contributed by atoms with E-state index in [0.29, 0.717) is 56.2 Å². The van der Waals surface area contributed by atoms with Gasteiger partial charge >= 0.3 is 0 Å². The molecule has 1 atom stereocenters. The molecule has 0 spiro atoms. The smallest absolute Gasteiger partial charge is 0.251 e. The number of thiocyanates is 1. The molecular weight excluding hydrogens is 402 g/mol. The Morgan fingerprint density at radius 2 is 2.00 bits per heavy atom. The molecule has 168 valence electrons. The minimum absolute atomic E-state index is 0.154. The van der Waals surface area contributed by atoms with Gasteiger partial charge in [-0.1, -0.05) is 33.8 Å². The Morgan fingerprint density at radius 1 is 1.23 bits per heavy atom. The number of rotatable bonds is 15. The molecule has 1 rings (SSSR count). The summed E-state index contributed by atoms with van der Waals surface area (Å²) in [5.41, 5.74) is 0.523. The lowest BCUT2D eigenvalue weighted by Crippen LogP contribution is -2.34. The summed E-state index contributed by atoms with van der Waals surface area (Å²) in [6.07, 6.45) is 0. The van der Waals surface area contributed by atoms with Crippen LogP contribution in [0.4, 0.5) is 0 Å². The Labute approximate surface area is 184 Å². The summed E-state index contributed by atoms with van der Waals surface area (Å²) in [6.45, 7) is 13.0. The van der Waals surface area contributed by atoms with Crippen molar-refractivity contribution in [3.8, 4) is 11.2 Å². The Morgan fingerprint density at radius 3 is 2.67 bits per heavy atom. The van der Waals surface area contributed by atoms with Gasteiger partial charge < -0.3 is 24.8 Å². The number of carbonyl (C=O) groups excluding carboxylic acids is 1. The highest BCUT2D eigenvalue weighted by molar-refractivity contribution is 8.04. The molecule has 0 heterocycles. The van der Waals surface area contributed by atoms with Gasteiger partial charge in [0.25, 0.3) is 5.91 Å². The van der Waals surface area contributed by atoms with Gasteiger partial charge in [-0.05, 0) is 42.8 Å². The van der Waals surface area contributed by atoms with Crippen LogP contribution in [0, 0.1) is 16.6 Å². The van der Waals surface area contributed by atoms with Crippen molar-refractivity contribution in [2.45, 2.75) is 45.6 Å². The number of nitrogens with zero attached hydrogens (tertiary/aromatic N) is 1. The standard InChI is InChI=1S/C22H35N3O4S/c1-17(2)14-27-11-12-29-22(5,30-16-23)15-28-20-8-6-7-19(13-20)21(26)25-10-9-24-18(3)4/h6-8,13,17-18,24H,9-12,14-15H2,1-5H3,(H,25,26). The summed E-state index contributed by atoms with van der Waals surface area (Å²) in [6, 6.07) is 7.35. The predicted octanol–water partition coefficient (Wildman–Crippen LogP) is 3.41. The largest absolute Gasteiger partial charge is 0.490 e. The van der Waals surface area contributed by atoms with Crippen molar-refractivity contribution in [1.82, 2.24) is 10.6 Å². The average molecular weight is 438 g/mol. The van der Waals surface area contributed by atoms with Crippen LogP contribution in [-0.2, 0) is 9.47 Å². The monoisotopic (exact) mass is 437 g/mol. The summed E-state index contributed by atoms with van der Waals surface area (Å²) >= 11 is 1.01. The Bertz CT molecular complexity index is 679. The maximum absolute atomic E-state index is 12.3. The lowest BCUT2D eigenvalue weighted by Gasteiger charge is -2.26. The summed E-state index contributed by atoms with van der Waals surface area (Å²) in [5.74, 6) is 0.857. The second-order valence-corrected chi connectivity index (χ2v) is 9.08. The third kappa shape index (κ3) is 11.4. The zero-order valence-electron chi connectivity index (χ0n) is 18.7. The topological polar surface area (TPSA) is 92.6 Å². The summed E-state index contributed by atoms with van der Waals surface area (Å²) in [7, 11) is 0. The number of amides is 1. The average Bonchev–Trinajstić information content (AvgIpc) is 2.69. The number of nitrogens with one attached hydrogen (secondary N) is 2. The molecule has 0 saturated carbocycles. The fourth-order valence-corrected chi connectivity index (χ4v) is 2.87. The first-order chi connectivity index (χ1) is 14.3. The van der Waals surface area contributed by atoms with Crippen LogP contribution in [0.1, 0.15) is 45.0 Å². The number of benzene rings is 1. The van der Waals surface area contributed by atoms with Crippen LogP contribution >= 0.6 is 11.8 Å². The van der Waals surface area contributed by atoms with E-state index in [0.717, 1.165) is 11.8 Å². The van der Waals surface area contributed by atoms with Gasteiger partial charge in [0.2, 0.25) is 0 Å². The molecule has 7 nitrogen and oxygen atoms in total. The highest BCUT2D eigenvalue weighted by atomic mass is 32.2. The number of hydrogen-bond donors (Lipinski definition) is 2. The number of nitriles is 1. The number of thioether (sulfide) groups is 1. The van der Waals surface area contributed by atoms with E-state index in [1.807, 2.05) is 6.92 Å². The predicted molar refractivity (Wildman–Crippen MR) is 121 cm³/mol. The third-order valence-corrected chi connectivity index (χ3v) is 4.67. The van der Waals surface area contributed by atoms with E-state index in [1.54, 1.807) is 24.3 Å². The van der Waals surface area contributed by atoms with Crippen molar-refractivity contribution in [2.24, 2.45) is 5.92 Å². The molecule has 0 aliphatic heterocycles. The molecule has 1 amide bonds. The van der Waals surface area contributed by atoms with Gasteiger partial charge in [-0.25, -0.2) is 0 Å². The van der Waals surface area contributed by atoms with Crippen molar-refractivity contribution in [1.29, 1.82) is 5.26 Å². The van der Waals surface area contributed by atoms with E-state index in [2.05, 4.69) is 43.7 Å². The normalized spacial score (nSPS) is 13.1. The zero-order valence-corrected chi connectivity index (χ0v) is 19.5. The van der Waals surface area contributed by atoms with E-state index in [-0.39, 0.29) is 12.5 Å². The van der Waals surface area contributed by atoms with Crippen molar-refractivity contribution >= 4 is 17.7 Å². The molecule has 1 unspecified atom stereocenters. The van der Waals surface area contributed by atoms with Crippen LogP contribution in [-0.4, -0.2) is 56.4 Å². The van der Waals surface area contributed by atoms with Gasteiger partial charge in [-0.3, -0.25) is 4.79 Å². The Kier molecular flexibility index (Phi) is 12.5. The molecular formula is C22H35N3O4S. The zero-order chi connectivity index (χ0) is 22.4. The molecule has 0 aromatic heterocycles. The Hall–Kier alpha value is -1.79. The first-order valence-corrected chi connectivity index (χ1v) is 11.1. The second-order valence-electron chi connectivity index (χ2n) is 7.83. The van der Waals surface area contributed by atoms with Crippen molar-refractivity contribution in [2.75, 3.05) is 39.5 Å². The van der Waals surface area contributed by atoms with Crippen LogP contribution in [0.25, 0.3) is 0 Å². The molecule has 1 aromatic rings. The van der Waals surface area contributed by atoms with Crippen LogP contribution in [0.5, 0.6) is 5.75 Å². The minimum Gasteiger partial charge on any atom is -0.490 e. The molecule has 2 N–H and O–H groups in total. The van der Waals surface area contributed by atoms with Crippen LogP contribution in [0.15, 0.2) is 24.3 Å². The van der Waals surface area contributed by atoms with Crippen molar-refractivity contribution in [3.05, 3.63) is 29.8 Å². The summed E-state index contributed by atoms with van der Waals surface area (Å²) < 4.78 is 17.2. The van der Waals surface area contributed by atoms with Gasteiger partial charge in [-0.2, -0.15) is 5.26 Å². The van der Waals surface area contributed by atoms with Crippen LogP contribution in [0.3, 0.4) is 0 Å². The lowest BCUT2D eigenvalue weighted by molar-refractivity contribution is -0.0278. The molecule has 8 heteroatoms. The molecule has 0 aliphatic rings. The SMILES string of the molecule is CC(C)COCCOC(C)(COc1cccc(C(=O)NCCNC(C)C)c1)SC#N. The van der Waals surface area contributed by atoms with E-state index < -0.39 is 4.93 Å². The van der Waals surface area contributed by atoms with E-state index in [9.17, 15) is 4.79 Å². The highest BCUT2D eigenvalue weighted by Crippen LogP contribution is 2.27. The molecule has 0 aliphatic carbocycles. The van der Waals surface area contributed by atoms with Crippen LogP contribution < -0.4 is 15.4 Å². The number of carbonyl (C=O) groups is 1. The fourth-order valence-electron chi connectivity index (χ4n) is 2.41. The lowest BCUT2D eigenvalue weighted by atomic mass is 10.2. The van der Waals surface area contributed by atoms with Crippen LogP contribution in [0.2, 0.25) is 0 Å². The van der Waals surface area contributed by atoms with Crippen molar-refractivity contribution < 1.29 is 19.0 Å².